The molecule has 19 heavy (non-hydrogen) atoms. The third-order valence-corrected chi connectivity index (χ3v) is 3.67. The lowest BCUT2D eigenvalue weighted by Gasteiger charge is -2.30. The van der Waals surface area contributed by atoms with Crippen molar-refractivity contribution in [3.63, 3.8) is 0 Å². The summed E-state index contributed by atoms with van der Waals surface area (Å²) >= 11 is 0. The van der Waals surface area contributed by atoms with Crippen molar-refractivity contribution < 1.29 is 4.79 Å². The minimum Gasteiger partial charge on any atom is -0.368 e. The van der Waals surface area contributed by atoms with Crippen molar-refractivity contribution in [1.82, 2.24) is 0 Å². The van der Waals surface area contributed by atoms with Gasteiger partial charge in [0.2, 0.25) is 5.91 Å². The van der Waals surface area contributed by atoms with Gasteiger partial charge in [-0.1, -0.05) is 18.9 Å². The molecule has 2 rings (SSSR count). The van der Waals surface area contributed by atoms with Crippen LogP contribution >= 0.6 is 0 Å². The lowest BCUT2D eigenvalue weighted by atomic mass is 10.1. The van der Waals surface area contributed by atoms with Gasteiger partial charge >= 0.3 is 0 Å². The second-order valence-electron chi connectivity index (χ2n) is 5.16. The Bertz CT molecular complexity index is 513. The molecule has 0 radical (unpaired) electrons. The lowest BCUT2D eigenvalue weighted by Crippen LogP contribution is -2.40. The van der Waals surface area contributed by atoms with Gasteiger partial charge in [-0.25, -0.2) is 0 Å². The van der Waals surface area contributed by atoms with Crippen LogP contribution in [0.1, 0.15) is 36.8 Å². The third-order valence-electron chi connectivity index (χ3n) is 3.67. The molecule has 0 spiro atoms. The van der Waals surface area contributed by atoms with Crippen LogP contribution in [0.5, 0.6) is 0 Å². The molecular weight excluding hydrogens is 238 g/mol. The molecule has 0 atom stereocenters. The summed E-state index contributed by atoms with van der Waals surface area (Å²) in [6.07, 6.45) is 4.47. The van der Waals surface area contributed by atoms with E-state index >= 15 is 0 Å². The summed E-state index contributed by atoms with van der Waals surface area (Å²) in [5.41, 5.74) is 7.85. The Morgan fingerprint density at radius 2 is 2.16 bits per heavy atom. The molecule has 1 aromatic rings. The number of nitrogens with two attached hydrogens (primary N) is 1. The second-order valence-corrected chi connectivity index (χ2v) is 5.16. The summed E-state index contributed by atoms with van der Waals surface area (Å²) in [7, 11) is 0. The zero-order valence-corrected chi connectivity index (χ0v) is 11.2. The topological polar surface area (TPSA) is 70.1 Å². The van der Waals surface area contributed by atoms with Crippen molar-refractivity contribution in [3.8, 4) is 6.07 Å². The number of nitrogens with zero attached hydrogens (tertiary/aromatic N) is 2. The molecule has 0 unspecified atom stereocenters. The first-order chi connectivity index (χ1) is 9.11. The molecule has 4 heteroatoms. The molecular formula is C15H19N3O. The van der Waals surface area contributed by atoms with Gasteiger partial charge in [-0.3, -0.25) is 4.79 Å². The first-order valence-electron chi connectivity index (χ1n) is 6.67. The molecule has 1 aliphatic carbocycles. The minimum absolute atomic E-state index is 0.183. The number of hydrogen-bond donors (Lipinski definition) is 1. The number of rotatable bonds is 4. The largest absolute Gasteiger partial charge is 0.368 e. The van der Waals surface area contributed by atoms with Crippen molar-refractivity contribution >= 4 is 11.6 Å². The van der Waals surface area contributed by atoms with Gasteiger partial charge in [0.05, 0.1) is 17.8 Å². The van der Waals surface area contributed by atoms with Crippen LogP contribution in [-0.2, 0) is 4.79 Å². The van der Waals surface area contributed by atoms with E-state index < -0.39 is 0 Å². The number of nitriles is 1. The predicted molar refractivity (Wildman–Crippen MR) is 74.7 cm³/mol. The summed E-state index contributed by atoms with van der Waals surface area (Å²) in [5, 5.41) is 9.28. The van der Waals surface area contributed by atoms with Crippen LogP contribution in [0, 0.1) is 18.3 Å². The van der Waals surface area contributed by atoms with E-state index in [2.05, 4.69) is 6.07 Å². The molecule has 0 bridgehead atoms. The maximum Gasteiger partial charge on any atom is 0.236 e. The highest BCUT2D eigenvalue weighted by atomic mass is 16.1. The Kier molecular flexibility index (Phi) is 4.06. The fraction of sp³-hybridized carbons (Fsp3) is 0.467. The Morgan fingerprint density at radius 1 is 1.47 bits per heavy atom. The first kappa shape index (κ1) is 13.4. The van der Waals surface area contributed by atoms with Gasteiger partial charge in [0.15, 0.2) is 0 Å². The molecule has 0 aliphatic heterocycles. The maximum absolute atomic E-state index is 11.3. The van der Waals surface area contributed by atoms with Crippen LogP contribution in [0.2, 0.25) is 0 Å². The highest BCUT2D eigenvalue weighted by Crippen LogP contribution is 2.30. The first-order valence-corrected chi connectivity index (χ1v) is 6.67. The normalized spacial score (nSPS) is 15.2. The van der Waals surface area contributed by atoms with Crippen LogP contribution in [0.15, 0.2) is 18.2 Å². The summed E-state index contributed by atoms with van der Waals surface area (Å²) in [6.45, 7) is 2.14. The molecule has 4 nitrogen and oxygen atoms in total. The Morgan fingerprint density at radius 3 is 2.74 bits per heavy atom. The van der Waals surface area contributed by atoms with E-state index in [1.165, 1.54) is 12.8 Å². The SMILES string of the molecule is Cc1ccc(N(CC(N)=O)C2CCCC2)c(C#N)c1. The van der Waals surface area contributed by atoms with Crippen molar-refractivity contribution in [2.24, 2.45) is 5.73 Å². The summed E-state index contributed by atoms with van der Waals surface area (Å²) in [5.74, 6) is -0.351. The molecule has 1 amide bonds. The van der Waals surface area contributed by atoms with E-state index in [4.69, 9.17) is 5.73 Å². The van der Waals surface area contributed by atoms with E-state index in [1.54, 1.807) is 0 Å². The highest BCUT2D eigenvalue weighted by Gasteiger charge is 2.25. The number of amides is 1. The standard InChI is InChI=1S/C15H19N3O/c1-11-6-7-14(12(8-11)9-16)18(10-15(17)19)13-4-2-3-5-13/h6-8,13H,2-5,10H2,1H3,(H2,17,19). The molecule has 100 valence electrons. The zero-order valence-electron chi connectivity index (χ0n) is 11.2. The predicted octanol–water partition coefficient (Wildman–Crippen LogP) is 2.10. The number of hydrogen-bond acceptors (Lipinski definition) is 3. The average Bonchev–Trinajstić information content (AvgIpc) is 2.89. The van der Waals surface area contributed by atoms with Crippen LogP contribution < -0.4 is 10.6 Å². The molecule has 0 aromatic heterocycles. The monoisotopic (exact) mass is 257 g/mol. The number of aryl methyl sites for hydroxylation is 1. The van der Waals surface area contributed by atoms with Gasteiger partial charge < -0.3 is 10.6 Å². The Labute approximate surface area is 113 Å². The van der Waals surface area contributed by atoms with Gasteiger partial charge in [0.25, 0.3) is 0 Å². The van der Waals surface area contributed by atoms with Crippen LogP contribution in [0.25, 0.3) is 0 Å². The van der Waals surface area contributed by atoms with Crippen molar-refractivity contribution in [2.45, 2.75) is 38.6 Å². The van der Waals surface area contributed by atoms with Gasteiger partial charge in [0.1, 0.15) is 6.07 Å². The molecule has 1 aliphatic rings. The van der Waals surface area contributed by atoms with Crippen LogP contribution in [-0.4, -0.2) is 18.5 Å². The van der Waals surface area contributed by atoms with Crippen molar-refractivity contribution in [1.29, 1.82) is 5.26 Å². The summed E-state index contributed by atoms with van der Waals surface area (Å²) in [6, 6.07) is 8.30. The number of anilines is 1. The number of carbonyl (C=O) groups is 1. The van der Waals surface area contributed by atoms with E-state index in [9.17, 15) is 10.1 Å². The van der Waals surface area contributed by atoms with E-state index in [1.807, 2.05) is 30.0 Å². The molecule has 1 aromatic carbocycles. The quantitative estimate of drug-likeness (QED) is 0.898. The van der Waals surface area contributed by atoms with Gasteiger partial charge in [0, 0.05) is 6.04 Å². The molecule has 1 fully saturated rings. The maximum atomic E-state index is 11.3. The molecule has 2 N–H and O–H groups in total. The molecule has 0 saturated heterocycles. The van der Waals surface area contributed by atoms with E-state index in [0.29, 0.717) is 11.6 Å². The Balaban J connectivity index is 2.37. The molecule has 0 heterocycles. The number of carbonyl (C=O) groups excluding carboxylic acids is 1. The van der Waals surface area contributed by atoms with Gasteiger partial charge in [-0.2, -0.15) is 5.26 Å². The number of benzene rings is 1. The van der Waals surface area contributed by atoms with Crippen molar-refractivity contribution in [2.75, 3.05) is 11.4 Å². The van der Waals surface area contributed by atoms with Crippen LogP contribution in [0.3, 0.4) is 0 Å². The number of primary amides is 1. The fourth-order valence-corrected chi connectivity index (χ4v) is 2.78. The van der Waals surface area contributed by atoms with E-state index in [-0.39, 0.29) is 12.5 Å². The van der Waals surface area contributed by atoms with Crippen LogP contribution in [0.4, 0.5) is 5.69 Å². The summed E-state index contributed by atoms with van der Waals surface area (Å²) in [4.78, 5) is 13.3. The fourth-order valence-electron chi connectivity index (χ4n) is 2.78. The van der Waals surface area contributed by atoms with Gasteiger partial charge in [-0.15, -0.1) is 0 Å². The zero-order chi connectivity index (χ0) is 13.8. The van der Waals surface area contributed by atoms with Gasteiger partial charge in [-0.05, 0) is 37.5 Å². The average molecular weight is 257 g/mol. The summed E-state index contributed by atoms with van der Waals surface area (Å²) < 4.78 is 0. The van der Waals surface area contributed by atoms with Crippen molar-refractivity contribution in [3.05, 3.63) is 29.3 Å². The lowest BCUT2D eigenvalue weighted by molar-refractivity contribution is -0.116. The third kappa shape index (κ3) is 3.05. The molecule has 1 saturated carbocycles. The smallest absolute Gasteiger partial charge is 0.236 e. The second kappa shape index (κ2) is 5.75. The van der Waals surface area contributed by atoms with E-state index in [0.717, 1.165) is 24.1 Å². The highest BCUT2D eigenvalue weighted by molar-refractivity contribution is 5.80. The Hall–Kier alpha value is -2.02. The minimum atomic E-state index is -0.351.